The molecule has 14 heteroatoms. The number of hydrogen-bond donors (Lipinski definition) is 2. The zero-order valence-electron chi connectivity index (χ0n) is 23.0. The summed E-state index contributed by atoms with van der Waals surface area (Å²) in [5, 5.41) is 8.86. The molecule has 0 aliphatic carbocycles. The number of alkyl halides is 3. The van der Waals surface area contributed by atoms with Crippen molar-refractivity contribution in [2.75, 3.05) is 28.8 Å². The van der Waals surface area contributed by atoms with E-state index < -0.39 is 28.2 Å². The Hall–Kier alpha value is -3.78. The van der Waals surface area contributed by atoms with Crippen molar-refractivity contribution in [1.82, 2.24) is 24.7 Å². The second-order valence-corrected chi connectivity index (χ2v) is 12.9. The van der Waals surface area contributed by atoms with Gasteiger partial charge in [-0.15, -0.1) is 0 Å². The van der Waals surface area contributed by atoms with E-state index in [0.29, 0.717) is 23.7 Å². The van der Waals surface area contributed by atoms with Crippen LogP contribution in [0.2, 0.25) is 0 Å². The van der Waals surface area contributed by atoms with Crippen LogP contribution >= 0.6 is 0 Å². The topological polar surface area (TPSA) is 132 Å². The third kappa shape index (κ3) is 5.98. The van der Waals surface area contributed by atoms with Gasteiger partial charge < -0.3 is 16.0 Å². The van der Waals surface area contributed by atoms with Gasteiger partial charge in [0.25, 0.3) is 0 Å². The Morgan fingerprint density at radius 3 is 2.51 bits per heavy atom. The summed E-state index contributed by atoms with van der Waals surface area (Å²) in [6.45, 7) is 5.75. The molecule has 218 valence electrons. The number of nitrogens with two attached hydrogens (primary N) is 1. The molecule has 3 N–H and O–H groups in total. The lowest BCUT2D eigenvalue weighted by Crippen LogP contribution is -2.63. The van der Waals surface area contributed by atoms with Crippen LogP contribution in [0.1, 0.15) is 38.3 Å². The molecule has 0 radical (unpaired) electrons. The van der Waals surface area contributed by atoms with Crippen molar-refractivity contribution in [2.45, 2.75) is 45.1 Å². The average Bonchev–Trinajstić information content (AvgIpc) is 3.39. The average molecular weight is 589 g/mol. The van der Waals surface area contributed by atoms with Crippen LogP contribution in [-0.2, 0) is 9.84 Å². The van der Waals surface area contributed by atoms with Crippen LogP contribution < -0.4 is 16.0 Å². The van der Waals surface area contributed by atoms with Crippen molar-refractivity contribution < 1.29 is 21.6 Å². The molecule has 3 aromatic heterocycles. The maximum absolute atomic E-state index is 13.1. The fourth-order valence-corrected chi connectivity index (χ4v) is 6.06. The minimum Gasteiger partial charge on any atom is -0.355 e. The summed E-state index contributed by atoms with van der Waals surface area (Å²) in [4.78, 5) is 15.2. The van der Waals surface area contributed by atoms with Gasteiger partial charge in [0, 0.05) is 48.4 Å². The number of sulfone groups is 1. The Balaban J connectivity index is 1.42. The Morgan fingerprint density at radius 1 is 1.10 bits per heavy atom. The summed E-state index contributed by atoms with van der Waals surface area (Å²) < 4.78 is 63.6. The minimum atomic E-state index is -4.43. The monoisotopic (exact) mass is 588 g/mol. The number of anilines is 3. The number of fused-ring (bicyclic) bond motifs is 1. The number of nitrogens with zero attached hydrogens (tertiary/aromatic N) is 6. The molecule has 1 aliphatic rings. The summed E-state index contributed by atoms with van der Waals surface area (Å²) in [5.74, 6) is 1.26. The second-order valence-electron chi connectivity index (χ2n) is 10.8. The predicted molar refractivity (Wildman–Crippen MR) is 152 cm³/mol. The zero-order valence-corrected chi connectivity index (χ0v) is 23.8. The fourth-order valence-electron chi connectivity index (χ4n) is 4.98. The first kappa shape index (κ1) is 28.7. The standard InChI is InChI=1S/C27H31F3N8O2S/c1-15(2)19-5-6-22(37-12-18(25(37)31)14-41(4,39)40)21-11-33-24(9-20(19)21)35-23-7-8-32-26(36-23)17-10-34-38(13-17)16(3)27(28,29)30/h5-11,13,15-16,18,25H,12,14,31H2,1-4H3,(H,32,33,35,36)/t16?,18-,25+/m1/s1. The Bertz CT molecular complexity index is 1690. The van der Waals surface area contributed by atoms with Crippen molar-refractivity contribution in [3.8, 4) is 11.4 Å². The maximum Gasteiger partial charge on any atom is 0.410 e. The number of aromatic nitrogens is 5. The molecule has 1 aliphatic heterocycles. The van der Waals surface area contributed by atoms with Gasteiger partial charge in [0.15, 0.2) is 5.82 Å². The van der Waals surface area contributed by atoms with Crippen molar-refractivity contribution in [1.29, 1.82) is 0 Å². The number of halogens is 3. The SMILES string of the molecule is CC(C)c1ccc(N2C[C@H](CS(C)(=O)=O)[C@H]2N)c2cnc(Nc3ccnc(-c4cnn(C(C)C(F)(F)F)c4)n3)cc12. The maximum atomic E-state index is 13.1. The van der Waals surface area contributed by atoms with Gasteiger partial charge in [0.1, 0.15) is 27.5 Å². The second kappa shape index (κ2) is 10.6. The van der Waals surface area contributed by atoms with E-state index in [2.05, 4.69) is 39.2 Å². The highest BCUT2D eigenvalue weighted by Crippen LogP contribution is 2.38. The van der Waals surface area contributed by atoms with Gasteiger partial charge in [-0.25, -0.2) is 23.4 Å². The van der Waals surface area contributed by atoms with Crippen molar-refractivity contribution in [3.05, 3.63) is 54.6 Å². The number of nitrogens with one attached hydrogen (secondary N) is 1. The Morgan fingerprint density at radius 2 is 1.85 bits per heavy atom. The molecule has 0 amide bonds. The first-order chi connectivity index (χ1) is 19.2. The highest BCUT2D eigenvalue weighted by molar-refractivity contribution is 7.90. The molecule has 1 unspecified atom stereocenters. The van der Waals surface area contributed by atoms with Crippen LogP contribution in [0.25, 0.3) is 22.2 Å². The smallest absolute Gasteiger partial charge is 0.355 e. The van der Waals surface area contributed by atoms with Crippen LogP contribution in [0, 0.1) is 5.92 Å². The molecule has 1 saturated heterocycles. The molecular weight excluding hydrogens is 557 g/mol. The molecule has 5 rings (SSSR count). The minimum absolute atomic E-state index is 0.0437. The summed E-state index contributed by atoms with van der Waals surface area (Å²) in [7, 11) is -3.14. The first-order valence-corrected chi connectivity index (χ1v) is 15.1. The highest BCUT2D eigenvalue weighted by Gasteiger charge is 2.39. The summed E-state index contributed by atoms with van der Waals surface area (Å²) in [6, 6.07) is 5.82. The third-order valence-electron chi connectivity index (χ3n) is 7.28. The van der Waals surface area contributed by atoms with E-state index in [9.17, 15) is 21.6 Å². The van der Waals surface area contributed by atoms with Crippen LogP contribution in [-0.4, -0.2) is 64.0 Å². The van der Waals surface area contributed by atoms with E-state index in [1.807, 2.05) is 23.1 Å². The lowest BCUT2D eigenvalue weighted by Gasteiger charge is -2.47. The van der Waals surface area contributed by atoms with Gasteiger partial charge in [0.2, 0.25) is 0 Å². The van der Waals surface area contributed by atoms with E-state index in [1.54, 1.807) is 12.3 Å². The van der Waals surface area contributed by atoms with Crippen LogP contribution in [0.5, 0.6) is 0 Å². The molecule has 0 bridgehead atoms. The zero-order chi connectivity index (χ0) is 29.7. The quantitative estimate of drug-likeness (QED) is 0.302. The summed E-state index contributed by atoms with van der Waals surface area (Å²) in [5.41, 5.74) is 8.72. The largest absolute Gasteiger partial charge is 0.410 e. The Labute approximate surface area is 235 Å². The van der Waals surface area contributed by atoms with Gasteiger partial charge >= 0.3 is 6.18 Å². The van der Waals surface area contributed by atoms with E-state index in [-0.39, 0.29) is 23.4 Å². The molecule has 0 saturated carbocycles. The normalized spacial score (nSPS) is 18.5. The predicted octanol–water partition coefficient (Wildman–Crippen LogP) is 4.64. The lowest BCUT2D eigenvalue weighted by atomic mass is 9.92. The number of rotatable bonds is 8. The van der Waals surface area contributed by atoms with E-state index >= 15 is 0 Å². The number of hydrogen-bond acceptors (Lipinski definition) is 9. The first-order valence-electron chi connectivity index (χ1n) is 13.0. The number of pyridine rings is 1. The van der Waals surface area contributed by atoms with E-state index in [1.165, 1.54) is 24.8 Å². The summed E-state index contributed by atoms with van der Waals surface area (Å²) in [6.07, 6.45) is 2.19. The van der Waals surface area contributed by atoms with Gasteiger partial charge in [-0.2, -0.15) is 18.3 Å². The molecule has 10 nitrogen and oxygen atoms in total. The molecule has 4 heterocycles. The highest BCUT2D eigenvalue weighted by atomic mass is 32.2. The molecule has 1 aromatic carbocycles. The number of benzene rings is 1. The van der Waals surface area contributed by atoms with E-state index in [0.717, 1.165) is 33.6 Å². The third-order valence-corrected chi connectivity index (χ3v) is 8.31. The van der Waals surface area contributed by atoms with Crippen LogP contribution in [0.3, 0.4) is 0 Å². The fraction of sp³-hybridized carbons (Fsp3) is 0.407. The molecular formula is C27H31F3N8O2S. The Kier molecular flexibility index (Phi) is 7.40. The van der Waals surface area contributed by atoms with Crippen LogP contribution in [0.4, 0.5) is 30.5 Å². The van der Waals surface area contributed by atoms with Crippen molar-refractivity contribution in [2.24, 2.45) is 11.7 Å². The van der Waals surface area contributed by atoms with Crippen LogP contribution in [0.15, 0.2) is 49.1 Å². The molecule has 0 spiro atoms. The van der Waals surface area contributed by atoms with Gasteiger partial charge in [-0.1, -0.05) is 19.9 Å². The molecule has 1 fully saturated rings. The molecule has 3 atom stereocenters. The van der Waals surface area contributed by atoms with Crippen molar-refractivity contribution in [3.63, 3.8) is 0 Å². The van der Waals surface area contributed by atoms with Gasteiger partial charge in [0.05, 0.1) is 23.7 Å². The van der Waals surface area contributed by atoms with Gasteiger partial charge in [-0.3, -0.25) is 4.68 Å². The van der Waals surface area contributed by atoms with Crippen molar-refractivity contribution >= 4 is 37.9 Å². The lowest BCUT2D eigenvalue weighted by molar-refractivity contribution is -0.165. The molecule has 41 heavy (non-hydrogen) atoms. The van der Waals surface area contributed by atoms with E-state index in [4.69, 9.17) is 5.73 Å². The summed E-state index contributed by atoms with van der Waals surface area (Å²) >= 11 is 0. The molecule has 4 aromatic rings. The van der Waals surface area contributed by atoms with Gasteiger partial charge in [-0.05, 0) is 42.0 Å².